The summed E-state index contributed by atoms with van der Waals surface area (Å²) in [5, 5.41) is 11.4. The van der Waals surface area contributed by atoms with E-state index < -0.39 is 15.9 Å². The second kappa shape index (κ2) is 6.79. The molecule has 15 heavy (non-hydrogen) atoms. The normalized spacial score (nSPS) is 13.5. The van der Waals surface area contributed by atoms with Crippen LogP contribution in [0.5, 0.6) is 0 Å². The van der Waals surface area contributed by atoms with Crippen LogP contribution in [-0.2, 0) is 14.6 Å². The van der Waals surface area contributed by atoms with Crippen LogP contribution < -0.4 is 5.32 Å². The van der Waals surface area contributed by atoms with Gasteiger partial charge in [-0.05, 0) is 13.3 Å². The Balaban J connectivity index is 3.65. The molecular weight excluding hydrogens is 218 g/mol. The first-order chi connectivity index (χ1) is 6.87. The molecule has 1 amide bonds. The van der Waals surface area contributed by atoms with Crippen LogP contribution in [0.1, 0.15) is 26.7 Å². The third-order valence-corrected chi connectivity index (χ3v) is 3.67. The molecular formula is C9H19NO4S. The number of nitrogens with one attached hydrogen (secondary N) is 1. The molecule has 0 fully saturated rings. The molecule has 90 valence electrons. The molecule has 0 saturated carbocycles. The standard InChI is InChI=1S/C9H19NO4S/c1-3-15(13,14)7-6-10-9(12)5-4-8(2)11/h8,11H,3-7H2,1-2H3,(H,10,12). The van der Waals surface area contributed by atoms with Crippen molar-refractivity contribution in [1.82, 2.24) is 5.32 Å². The summed E-state index contributed by atoms with van der Waals surface area (Å²) in [6.07, 6.45) is 0.117. The molecule has 0 aliphatic heterocycles. The maximum atomic E-state index is 11.1. The maximum absolute atomic E-state index is 11.1. The Morgan fingerprint density at radius 3 is 2.53 bits per heavy atom. The monoisotopic (exact) mass is 237 g/mol. The van der Waals surface area contributed by atoms with Crippen LogP contribution in [0.25, 0.3) is 0 Å². The van der Waals surface area contributed by atoms with Crippen molar-refractivity contribution in [3.63, 3.8) is 0 Å². The van der Waals surface area contributed by atoms with Gasteiger partial charge < -0.3 is 10.4 Å². The maximum Gasteiger partial charge on any atom is 0.220 e. The lowest BCUT2D eigenvalue weighted by molar-refractivity contribution is -0.121. The summed E-state index contributed by atoms with van der Waals surface area (Å²) in [5.74, 6) is -0.150. The fourth-order valence-electron chi connectivity index (χ4n) is 0.919. The number of hydrogen-bond donors (Lipinski definition) is 2. The van der Waals surface area contributed by atoms with Gasteiger partial charge in [0, 0.05) is 18.7 Å². The van der Waals surface area contributed by atoms with Crippen molar-refractivity contribution in [2.45, 2.75) is 32.8 Å². The minimum atomic E-state index is -3.01. The van der Waals surface area contributed by atoms with Gasteiger partial charge in [-0.15, -0.1) is 0 Å². The topological polar surface area (TPSA) is 83.5 Å². The smallest absolute Gasteiger partial charge is 0.220 e. The van der Waals surface area contributed by atoms with E-state index in [0.717, 1.165) is 0 Å². The summed E-state index contributed by atoms with van der Waals surface area (Å²) in [6, 6.07) is 0. The van der Waals surface area contributed by atoms with E-state index in [0.29, 0.717) is 6.42 Å². The van der Waals surface area contributed by atoms with Gasteiger partial charge >= 0.3 is 0 Å². The zero-order valence-corrected chi connectivity index (χ0v) is 10.0. The molecule has 0 aliphatic carbocycles. The number of carbonyl (C=O) groups is 1. The Hall–Kier alpha value is -0.620. The summed E-state index contributed by atoms with van der Waals surface area (Å²) >= 11 is 0. The molecule has 0 aliphatic rings. The van der Waals surface area contributed by atoms with E-state index in [-0.39, 0.29) is 30.4 Å². The number of aliphatic hydroxyl groups excluding tert-OH is 1. The number of rotatable bonds is 7. The third-order valence-electron chi connectivity index (χ3n) is 1.96. The molecule has 5 nitrogen and oxygen atoms in total. The molecule has 0 rings (SSSR count). The highest BCUT2D eigenvalue weighted by Crippen LogP contribution is 1.95. The molecule has 1 unspecified atom stereocenters. The molecule has 2 N–H and O–H groups in total. The van der Waals surface area contributed by atoms with Crippen LogP contribution in [0.2, 0.25) is 0 Å². The molecule has 0 bridgehead atoms. The minimum Gasteiger partial charge on any atom is -0.393 e. The van der Waals surface area contributed by atoms with E-state index >= 15 is 0 Å². The van der Waals surface area contributed by atoms with E-state index in [9.17, 15) is 13.2 Å². The summed E-state index contributed by atoms with van der Waals surface area (Å²) in [6.45, 7) is 3.33. The average Bonchev–Trinajstić information content (AvgIpc) is 2.14. The zero-order valence-electron chi connectivity index (χ0n) is 9.19. The number of amides is 1. The molecule has 0 aromatic heterocycles. The summed E-state index contributed by atoms with van der Waals surface area (Å²) < 4.78 is 22.1. The number of carbonyl (C=O) groups excluding carboxylic acids is 1. The Kier molecular flexibility index (Phi) is 6.51. The highest BCUT2D eigenvalue weighted by atomic mass is 32.2. The quantitative estimate of drug-likeness (QED) is 0.636. The van der Waals surface area contributed by atoms with Gasteiger partial charge in [0.25, 0.3) is 0 Å². The van der Waals surface area contributed by atoms with Crippen LogP contribution in [0.4, 0.5) is 0 Å². The lowest BCUT2D eigenvalue weighted by Gasteiger charge is -2.06. The second-order valence-electron chi connectivity index (χ2n) is 3.47. The van der Waals surface area contributed by atoms with Crippen molar-refractivity contribution in [2.24, 2.45) is 0 Å². The van der Waals surface area contributed by atoms with Gasteiger partial charge in [-0.2, -0.15) is 0 Å². The molecule has 0 aromatic carbocycles. The van der Waals surface area contributed by atoms with Crippen molar-refractivity contribution in [1.29, 1.82) is 0 Å². The number of sulfone groups is 1. The number of hydrogen-bond acceptors (Lipinski definition) is 4. The molecule has 0 heterocycles. The fourth-order valence-corrected chi connectivity index (χ4v) is 1.62. The molecule has 0 saturated heterocycles. The van der Waals surface area contributed by atoms with E-state index in [1.54, 1.807) is 13.8 Å². The van der Waals surface area contributed by atoms with E-state index in [2.05, 4.69) is 5.32 Å². The molecule has 6 heteroatoms. The summed E-state index contributed by atoms with van der Waals surface area (Å²) in [5.41, 5.74) is 0. The van der Waals surface area contributed by atoms with Gasteiger partial charge in [0.2, 0.25) is 5.91 Å². The molecule has 0 radical (unpaired) electrons. The molecule has 0 spiro atoms. The predicted octanol–water partition coefficient (Wildman–Crippen LogP) is -0.302. The first kappa shape index (κ1) is 14.4. The Morgan fingerprint density at radius 2 is 2.07 bits per heavy atom. The van der Waals surface area contributed by atoms with Gasteiger partial charge in [0.15, 0.2) is 9.84 Å². The van der Waals surface area contributed by atoms with Gasteiger partial charge in [-0.3, -0.25) is 4.79 Å². The van der Waals surface area contributed by atoms with E-state index in [4.69, 9.17) is 5.11 Å². The second-order valence-corrected chi connectivity index (χ2v) is 5.95. The Labute approximate surface area is 90.8 Å². The highest BCUT2D eigenvalue weighted by molar-refractivity contribution is 7.91. The van der Waals surface area contributed by atoms with Crippen molar-refractivity contribution in [3.05, 3.63) is 0 Å². The minimum absolute atomic E-state index is 0.0239. The van der Waals surface area contributed by atoms with Crippen LogP contribution in [0.3, 0.4) is 0 Å². The van der Waals surface area contributed by atoms with Gasteiger partial charge in [-0.25, -0.2) is 8.42 Å². The van der Waals surface area contributed by atoms with Crippen molar-refractivity contribution in [2.75, 3.05) is 18.1 Å². The first-order valence-corrected chi connectivity index (χ1v) is 6.84. The van der Waals surface area contributed by atoms with Crippen LogP contribution in [0.15, 0.2) is 0 Å². The van der Waals surface area contributed by atoms with Crippen molar-refractivity contribution in [3.8, 4) is 0 Å². The molecule has 0 aromatic rings. The SMILES string of the molecule is CCS(=O)(=O)CCNC(=O)CCC(C)O. The van der Waals surface area contributed by atoms with Gasteiger partial charge in [0.05, 0.1) is 11.9 Å². The Bertz CT molecular complexity index is 284. The van der Waals surface area contributed by atoms with Crippen molar-refractivity contribution >= 4 is 15.7 Å². The Morgan fingerprint density at radius 1 is 1.47 bits per heavy atom. The van der Waals surface area contributed by atoms with Crippen LogP contribution in [-0.4, -0.2) is 43.6 Å². The molecule has 1 atom stereocenters. The summed E-state index contributed by atoms with van der Waals surface area (Å²) in [7, 11) is -3.01. The number of aliphatic hydroxyl groups is 1. The van der Waals surface area contributed by atoms with E-state index in [1.807, 2.05) is 0 Å². The first-order valence-electron chi connectivity index (χ1n) is 5.02. The fraction of sp³-hybridized carbons (Fsp3) is 0.889. The largest absolute Gasteiger partial charge is 0.393 e. The van der Waals surface area contributed by atoms with Crippen LogP contribution in [0, 0.1) is 0 Å². The van der Waals surface area contributed by atoms with E-state index in [1.165, 1.54) is 0 Å². The lowest BCUT2D eigenvalue weighted by atomic mass is 10.2. The third kappa shape index (κ3) is 8.38. The zero-order chi connectivity index (χ0) is 11.9. The highest BCUT2D eigenvalue weighted by Gasteiger charge is 2.08. The van der Waals surface area contributed by atoms with Gasteiger partial charge in [0.1, 0.15) is 0 Å². The average molecular weight is 237 g/mol. The van der Waals surface area contributed by atoms with Gasteiger partial charge in [-0.1, -0.05) is 6.92 Å². The van der Waals surface area contributed by atoms with Crippen molar-refractivity contribution < 1.29 is 18.3 Å². The summed E-state index contributed by atoms with van der Waals surface area (Å²) in [4.78, 5) is 11.1. The van der Waals surface area contributed by atoms with Crippen LogP contribution >= 0.6 is 0 Å². The predicted molar refractivity (Wildman–Crippen MR) is 58.3 cm³/mol. The lowest BCUT2D eigenvalue weighted by Crippen LogP contribution is -2.29.